The number of carbonyl (C=O) groups is 1. The molecule has 1 aliphatic carbocycles. The van der Waals surface area contributed by atoms with Crippen molar-refractivity contribution in [3.8, 4) is 6.07 Å². The first-order valence-corrected chi connectivity index (χ1v) is 10.1. The first kappa shape index (κ1) is 21.2. The summed E-state index contributed by atoms with van der Waals surface area (Å²) in [6.07, 6.45) is -2.60. The number of aromatic nitrogens is 1. The van der Waals surface area contributed by atoms with Crippen molar-refractivity contribution in [2.75, 3.05) is 5.75 Å². The Morgan fingerprint density at radius 2 is 1.97 bits per heavy atom. The molecule has 1 saturated carbocycles. The van der Waals surface area contributed by atoms with Gasteiger partial charge in [-0.25, -0.2) is 4.98 Å². The van der Waals surface area contributed by atoms with Crippen LogP contribution in [0.3, 0.4) is 0 Å². The number of amides is 1. The van der Waals surface area contributed by atoms with E-state index in [2.05, 4.69) is 10.3 Å². The predicted molar refractivity (Wildman–Crippen MR) is 104 cm³/mol. The van der Waals surface area contributed by atoms with Crippen LogP contribution in [0.25, 0.3) is 0 Å². The molecule has 0 bridgehead atoms. The maximum absolute atomic E-state index is 13.2. The number of carbonyl (C=O) groups excluding carboxylic acids is 1. The van der Waals surface area contributed by atoms with E-state index in [1.165, 1.54) is 6.92 Å². The minimum absolute atomic E-state index is 0.0757. The summed E-state index contributed by atoms with van der Waals surface area (Å²) in [6.45, 7) is 3.42. The molecule has 1 unspecified atom stereocenters. The second kappa shape index (κ2) is 8.46. The lowest BCUT2D eigenvalue weighted by molar-refractivity contribution is -0.138. The Morgan fingerprint density at radius 3 is 2.52 bits per heavy atom. The molecule has 1 heterocycles. The fourth-order valence-corrected chi connectivity index (χ4v) is 3.97. The fraction of sp³-hybridized carbons (Fsp3) is 0.381. The SMILES string of the molecule is Cc1ccc(C(NC(=O)CSc2nc(C)cc(C(F)(F)F)c2C#N)C2CC2)cc1. The van der Waals surface area contributed by atoms with Crippen LogP contribution in [0.15, 0.2) is 35.4 Å². The normalized spacial score (nSPS) is 14.9. The molecule has 0 radical (unpaired) electrons. The third kappa shape index (κ3) is 5.30. The number of pyridine rings is 1. The maximum atomic E-state index is 13.2. The Kier molecular flexibility index (Phi) is 6.18. The van der Waals surface area contributed by atoms with Crippen molar-refractivity contribution in [1.82, 2.24) is 10.3 Å². The van der Waals surface area contributed by atoms with Gasteiger partial charge in [-0.05, 0) is 44.2 Å². The van der Waals surface area contributed by atoms with E-state index in [4.69, 9.17) is 0 Å². The lowest BCUT2D eigenvalue weighted by atomic mass is 10.0. The van der Waals surface area contributed by atoms with Crippen LogP contribution in [0.4, 0.5) is 13.2 Å². The zero-order valence-electron chi connectivity index (χ0n) is 16.0. The van der Waals surface area contributed by atoms with Gasteiger partial charge in [-0.2, -0.15) is 18.4 Å². The molecule has 0 spiro atoms. The van der Waals surface area contributed by atoms with Gasteiger partial charge >= 0.3 is 6.18 Å². The number of nitrogens with zero attached hydrogens (tertiary/aromatic N) is 2. The van der Waals surface area contributed by atoms with Crippen molar-refractivity contribution in [1.29, 1.82) is 5.26 Å². The van der Waals surface area contributed by atoms with Crippen molar-refractivity contribution in [3.05, 3.63) is 58.3 Å². The first-order chi connectivity index (χ1) is 13.7. The molecule has 1 N–H and O–H groups in total. The van der Waals surface area contributed by atoms with E-state index < -0.39 is 17.3 Å². The Bertz CT molecular complexity index is 947. The number of halogens is 3. The number of aryl methyl sites for hydroxylation is 2. The summed E-state index contributed by atoms with van der Waals surface area (Å²) >= 11 is 0.850. The predicted octanol–water partition coefficient (Wildman–Crippen LogP) is 4.95. The summed E-state index contributed by atoms with van der Waals surface area (Å²) in [5.41, 5.74) is 0.723. The van der Waals surface area contributed by atoms with Gasteiger partial charge < -0.3 is 5.32 Å². The molecule has 1 fully saturated rings. The zero-order valence-corrected chi connectivity index (χ0v) is 16.8. The Morgan fingerprint density at radius 1 is 1.31 bits per heavy atom. The summed E-state index contributed by atoms with van der Waals surface area (Å²) in [6, 6.07) is 10.3. The van der Waals surface area contributed by atoms with Gasteiger partial charge in [0.25, 0.3) is 0 Å². The van der Waals surface area contributed by atoms with Gasteiger partial charge in [-0.1, -0.05) is 41.6 Å². The molecule has 1 atom stereocenters. The van der Waals surface area contributed by atoms with Crippen LogP contribution in [0.2, 0.25) is 0 Å². The van der Waals surface area contributed by atoms with Crippen LogP contribution in [0, 0.1) is 31.1 Å². The minimum atomic E-state index is -4.65. The van der Waals surface area contributed by atoms with Crippen molar-refractivity contribution >= 4 is 17.7 Å². The molecule has 0 aliphatic heterocycles. The minimum Gasteiger partial charge on any atom is -0.348 e. The van der Waals surface area contributed by atoms with Crippen molar-refractivity contribution in [3.63, 3.8) is 0 Å². The summed E-state index contributed by atoms with van der Waals surface area (Å²) in [4.78, 5) is 16.5. The zero-order chi connectivity index (χ0) is 21.2. The Labute approximate surface area is 171 Å². The highest BCUT2D eigenvalue weighted by molar-refractivity contribution is 8.00. The molecule has 0 saturated heterocycles. The topological polar surface area (TPSA) is 65.8 Å². The van der Waals surface area contributed by atoms with E-state index in [0.717, 1.165) is 41.8 Å². The Hall–Kier alpha value is -2.53. The first-order valence-electron chi connectivity index (χ1n) is 9.16. The second-order valence-corrected chi connectivity index (χ2v) is 8.15. The third-order valence-electron chi connectivity index (χ3n) is 4.72. The molecule has 1 aromatic heterocycles. The number of alkyl halides is 3. The molecule has 152 valence electrons. The molecule has 2 aromatic rings. The molecule has 29 heavy (non-hydrogen) atoms. The smallest absolute Gasteiger partial charge is 0.348 e. The van der Waals surface area contributed by atoms with Crippen molar-refractivity contribution in [2.45, 2.75) is 43.9 Å². The average Bonchev–Trinajstić information content (AvgIpc) is 3.49. The molecule has 4 nitrogen and oxygen atoms in total. The van der Waals surface area contributed by atoms with Crippen LogP contribution >= 0.6 is 11.8 Å². The van der Waals surface area contributed by atoms with Gasteiger partial charge in [0.15, 0.2) is 0 Å². The molecule has 1 aromatic carbocycles. The highest BCUT2D eigenvalue weighted by Gasteiger charge is 2.36. The quantitative estimate of drug-likeness (QED) is 0.673. The van der Waals surface area contributed by atoms with E-state index in [1.54, 1.807) is 6.07 Å². The van der Waals surface area contributed by atoms with Gasteiger partial charge in [0, 0.05) is 5.69 Å². The average molecular weight is 419 g/mol. The van der Waals surface area contributed by atoms with Crippen molar-refractivity contribution in [2.24, 2.45) is 5.92 Å². The number of hydrogen-bond acceptors (Lipinski definition) is 4. The van der Waals surface area contributed by atoms with E-state index >= 15 is 0 Å². The molecule has 1 amide bonds. The van der Waals surface area contributed by atoms with Crippen LogP contribution in [0.1, 0.15) is 46.8 Å². The standard InChI is InChI=1S/C21H20F3N3OS/c1-12-3-5-14(6-4-12)19(15-7-8-15)27-18(28)11-29-20-16(10-25)17(21(22,23)24)9-13(2)26-20/h3-6,9,15,19H,7-8,11H2,1-2H3,(H,27,28). The second-order valence-electron chi connectivity index (χ2n) is 7.18. The fourth-order valence-electron chi connectivity index (χ4n) is 3.11. The van der Waals surface area contributed by atoms with Crippen LogP contribution in [-0.2, 0) is 11.0 Å². The highest BCUT2D eigenvalue weighted by Crippen LogP contribution is 2.41. The molecule has 1 aliphatic rings. The molecule has 3 rings (SSSR count). The number of rotatable bonds is 6. The summed E-state index contributed by atoms with van der Waals surface area (Å²) in [7, 11) is 0. The van der Waals surface area contributed by atoms with Crippen LogP contribution in [-0.4, -0.2) is 16.6 Å². The van der Waals surface area contributed by atoms with E-state index in [0.29, 0.717) is 5.92 Å². The van der Waals surface area contributed by atoms with E-state index in [-0.39, 0.29) is 28.4 Å². The maximum Gasteiger partial charge on any atom is 0.417 e. The third-order valence-corrected chi connectivity index (χ3v) is 5.69. The largest absolute Gasteiger partial charge is 0.417 e. The number of hydrogen-bond donors (Lipinski definition) is 1. The highest BCUT2D eigenvalue weighted by atomic mass is 32.2. The van der Waals surface area contributed by atoms with Crippen LogP contribution < -0.4 is 5.32 Å². The number of thioether (sulfide) groups is 1. The molecule has 8 heteroatoms. The monoisotopic (exact) mass is 419 g/mol. The number of benzene rings is 1. The summed E-state index contributed by atoms with van der Waals surface area (Å²) in [5, 5.41) is 12.1. The molecular weight excluding hydrogens is 399 g/mol. The van der Waals surface area contributed by atoms with Gasteiger partial charge in [0.2, 0.25) is 5.91 Å². The van der Waals surface area contributed by atoms with Gasteiger partial charge in [0.1, 0.15) is 11.1 Å². The van der Waals surface area contributed by atoms with Crippen molar-refractivity contribution < 1.29 is 18.0 Å². The number of nitriles is 1. The summed E-state index contributed by atoms with van der Waals surface area (Å²) in [5.74, 6) is -0.0409. The number of nitrogens with one attached hydrogen (secondary N) is 1. The summed E-state index contributed by atoms with van der Waals surface area (Å²) < 4.78 is 39.6. The van der Waals surface area contributed by atoms with Gasteiger partial charge in [-0.15, -0.1) is 0 Å². The Balaban J connectivity index is 1.73. The van der Waals surface area contributed by atoms with Gasteiger partial charge in [0.05, 0.1) is 22.9 Å². The van der Waals surface area contributed by atoms with E-state index in [1.807, 2.05) is 31.2 Å². The lowest BCUT2D eigenvalue weighted by Gasteiger charge is -2.19. The van der Waals surface area contributed by atoms with Gasteiger partial charge in [-0.3, -0.25) is 4.79 Å². The molecular formula is C21H20F3N3OS. The van der Waals surface area contributed by atoms with Crippen LogP contribution in [0.5, 0.6) is 0 Å². The van der Waals surface area contributed by atoms with E-state index in [9.17, 15) is 23.2 Å². The lowest BCUT2D eigenvalue weighted by Crippen LogP contribution is -2.31.